The third-order valence-electron chi connectivity index (χ3n) is 4.48. The van der Waals surface area contributed by atoms with Gasteiger partial charge in [-0.25, -0.2) is 4.79 Å². The fourth-order valence-electron chi connectivity index (χ4n) is 3.13. The van der Waals surface area contributed by atoms with Crippen molar-refractivity contribution in [2.24, 2.45) is 0 Å². The maximum atomic E-state index is 10.7. The zero-order chi connectivity index (χ0) is 19.3. The molecule has 0 fully saturated rings. The molecular formula is C25H18O3. The summed E-state index contributed by atoms with van der Waals surface area (Å²) in [6.07, 6.45) is 2.67. The van der Waals surface area contributed by atoms with Crippen LogP contribution in [0.5, 0.6) is 11.5 Å². The molecule has 3 nitrogen and oxygen atoms in total. The predicted molar refractivity (Wildman–Crippen MR) is 113 cm³/mol. The van der Waals surface area contributed by atoms with Crippen LogP contribution in [0.1, 0.15) is 5.56 Å². The average Bonchev–Trinajstić information content (AvgIpc) is 2.74. The van der Waals surface area contributed by atoms with Gasteiger partial charge >= 0.3 is 5.97 Å². The Morgan fingerprint density at radius 3 is 2.25 bits per heavy atom. The largest absolute Gasteiger partial charge is 0.478 e. The van der Waals surface area contributed by atoms with Crippen LogP contribution in [-0.4, -0.2) is 11.1 Å². The third-order valence-corrected chi connectivity index (χ3v) is 4.48. The molecule has 136 valence electrons. The Kier molecular flexibility index (Phi) is 4.89. The quantitative estimate of drug-likeness (QED) is 0.416. The molecule has 3 heteroatoms. The lowest BCUT2D eigenvalue weighted by Crippen LogP contribution is -1.91. The summed E-state index contributed by atoms with van der Waals surface area (Å²) >= 11 is 0. The van der Waals surface area contributed by atoms with Gasteiger partial charge in [0.05, 0.1) is 0 Å². The van der Waals surface area contributed by atoms with Crippen LogP contribution in [-0.2, 0) is 4.79 Å². The number of carboxylic acids is 1. The second-order valence-corrected chi connectivity index (χ2v) is 6.37. The molecule has 1 N–H and O–H groups in total. The van der Waals surface area contributed by atoms with E-state index in [4.69, 9.17) is 9.84 Å². The molecule has 0 saturated heterocycles. The van der Waals surface area contributed by atoms with E-state index in [1.807, 2.05) is 54.6 Å². The van der Waals surface area contributed by atoms with Crippen molar-refractivity contribution >= 4 is 22.8 Å². The average molecular weight is 366 g/mol. The molecule has 4 rings (SSSR count). The van der Waals surface area contributed by atoms with Crippen LogP contribution in [0, 0.1) is 0 Å². The number of carboxylic acid groups (broad SMARTS) is 1. The first-order valence-electron chi connectivity index (χ1n) is 8.97. The smallest absolute Gasteiger partial charge is 0.328 e. The topological polar surface area (TPSA) is 46.5 Å². The van der Waals surface area contributed by atoms with Crippen LogP contribution in [0.25, 0.3) is 28.0 Å². The summed E-state index contributed by atoms with van der Waals surface area (Å²) in [6.45, 7) is 0. The highest BCUT2D eigenvalue weighted by atomic mass is 16.5. The molecule has 0 aromatic heterocycles. The van der Waals surface area contributed by atoms with Crippen LogP contribution in [0.2, 0.25) is 0 Å². The Morgan fingerprint density at radius 1 is 0.786 bits per heavy atom. The lowest BCUT2D eigenvalue weighted by atomic mass is 9.99. The number of fused-ring (bicyclic) bond motifs is 1. The minimum absolute atomic E-state index is 0.695. The molecule has 0 aliphatic carbocycles. The Balaban J connectivity index is 1.76. The van der Waals surface area contributed by atoms with E-state index >= 15 is 0 Å². The summed E-state index contributed by atoms with van der Waals surface area (Å²) in [5, 5.41) is 10.9. The van der Waals surface area contributed by atoms with E-state index in [9.17, 15) is 4.79 Å². The van der Waals surface area contributed by atoms with Crippen molar-refractivity contribution in [3.63, 3.8) is 0 Å². The van der Waals surface area contributed by atoms with Gasteiger partial charge in [-0.2, -0.15) is 0 Å². The van der Waals surface area contributed by atoms with Gasteiger partial charge in [-0.15, -0.1) is 0 Å². The molecule has 0 amide bonds. The van der Waals surface area contributed by atoms with Crippen LogP contribution >= 0.6 is 0 Å². The first-order chi connectivity index (χ1) is 13.7. The zero-order valence-electron chi connectivity index (χ0n) is 15.1. The number of ether oxygens (including phenoxy) is 1. The summed E-state index contributed by atoms with van der Waals surface area (Å²) in [7, 11) is 0. The number of hydrogen-bond donors (Lipinski definition) is 1. The van der Waals surface area contributed by atoms with Crippen molar-refractivity contribution in [2.45, 2.75) is 0 Å². The van der Waals surface area contributed by atoms with E-state index < -0.39 is 5.97 Å². The highest BCUT2D eigenvalue weighted by molar-refractivity contribution is 5.95. The van der Waals surface area contributed by atoms with Gasteiger partial charge in [0.2, 0.25) is 0 Å². The number of rotatable bonds is 5. The fraction of sp³-hybridized carbons (Fsp3) is 0. The number of hydrogen-bond acceptors (Lipinski definition) is 2. The molecule has 0 heterocycles. The number of benzene rings is 4. The van der Waals surface area contributed by atoms with Crippen molar-refractivity contribution in [3.8, 4) is 22.6 Å². The van der Waals surface area contributed by atoms with Crippen LogP contribution in [0.3, 0.4) is 0 Å². The second-order valence-electron chi connectivity index (χ2n) is 6.37. The van der Waals surface area contributed by atoms with Gasteiger partial charge in [-0.05, 0) is 40.8 Å². The molecule has 4 aromatic rings. The lowest BCUT2D eigenvalue weighted by molar-refractivity contribution is -0.131. The highest BCUT2D eigenvalue weighted by Crippen LogP contribution is 2.39. The molecule has 0 aliphatic heterocycles. The van der Waals surface area contributed by atoms with Crippen LogP contribution < -0.4 is 4.74 Å². The first kappa shape index (κ1) is 17.6. The molecule has 0 saturated carbocycles. The minimum Gasteiger partial charge on any atom is -0.478 e. The van der Waals surface area contributed by atoms with Gasteiger partial charge in [0.25, 0.3) is 0 Å². The first-order valence-corrected chi connectivity index (χ1v) is 8.97. The van der Waals surface area contributed by atoms with Crippen LogP contribution in [0.4, 0.5) is 0 Å². The van der Waals surface area contributed by atoms with Crippen molar-refractivity contribution in [3.05, 3.63) is 103 Å². The molecule has 0 spiro atoms. The van der Waals surface area contributed by atoms with E-state index in [2.05, 4.69) is 36.4 Å². The van der Waals surface area contributed by atoms with Crippen molar-refractivity contribution < 1.29 is 14.6 Å². The fourth-order valence-corrected chi connectivity index (χ4v) is 3.13. The van der Waals surface area contributed by atoms with E-state index in [0.717, 1.165) is 39.3 Å². The van der Waals surface area contributed by atoms with Gasteiger partial charge < -0.3 is 9.84 Å². The second kappa shape index (κ2) is 7.80. The maximum Gasteiger partial charge on any atom is 0.328 e. The van der Waals surface area contributed by atoms with Crippen LogP contribution in [0.15, 0.2) is 97.1 Å². The molecule has 28 heavy (non-hydrogen) atoms. The monoisotopic (exact) mass is 366 g/mol. The Labute approximate surface area is 163 Å². The van der Waals surface area contributed by atoms with Gasteiger partial charge in [-0.3, -0.25) is 0 Å². The number of aliphatic carboxylic acids is 1. The number of carbonyl (C=O) groups is 1. The van der Waals surface area contributed by atoms with E-state index in [-0.39, 0.29) is 0 Å². The Bertz CT molecular complexity index is 1140. The third kappa shape index (κ3) is 3.79. The van der Waals surface area contributed by atoms with E-state index in [0.29, 0.717) is 5.75 Å². The molecule has 0 unspecified atom stereocenters. The SMILES string of the molecule is O=C(O)C=Cc1ccc(Oc2c(-c3ccccc3)ccc3ccccc23)cc1. The Morgan fingerprint density at radius 2 is 1.50 bits per heavy atom. The van der Waals surface area contributed by atoms with Crippen molar-refractivity contribution in [2.75, 3.05) is 0 Å². The van der Waals surface area contributed by atoms with E-state index in [1.165, 1.54) is 0 Å². The molecule has 0 atom stereocenters. The zero-order valence-corrected chi connectivity index (χ0v) is 15.1. The molecule has 0 bridgehead atoms. The summed E-state index contributed by atoms with van der Waals surface area (Å²) in [4.78, 5) is 10.7. The van der Waals surface area contributed by atoms with E-state index in [1.54, 1.807) is 6.08 Å². The standard InChI is InChI=1S/C25H18O3/c26-24(27)17-12-18-10-14-21(15-11-18)28-25-22-9-5-4-8-20(22)13-16-23(25)19-6-2-1-3-7-19/h1-17H,(H,26,27). The van der Waals surface area contributed by atoms with Crippen molar-refractivity contribution in [1.29, 1.82) is 0 Å². The van der Waals surface area contributed by atoms with Gasteiger partial charge in [0.15, 0.2) is 0 Å². The van der Waals surface area contributed by atoms with Gasteiger partial charge in [0.1, 0.15) is 11.5 Å². The van der Waals surface area contributed by atoms with Crippen molar-refractivity contribution in [1.82, 2.24) is 0 Å². The lowest BCUT2D eigenvalue weighted by Gasteiger charge is -2.15. The summed E-state index contributed by atoms with van der Waals surface area (Å²) in [5.74, 6) is 0.530. The molecule has 0 radical (unpaired) electrons. The van der Waals surface area contributed by atoms with Gasteiger partial charge in [0, 0.05) is 17.0 Å². The Hall–Kier alpha value is -3.85. The highest BCUT2D eigenvalue weighted by Gasteiger charge is 2.12. The normalized spacial score (nSPS) is 11.0. The molecule has 0 aliphatic rings. The minimum atomic E-state index is -0.969. The summed E-state index contributed by atoms with van der Waals surface area (Å²) < 4.78 is 6.32. The molecule has 4 aromatic carbocycles. The molecular weight excluding hydrogens is 348 g/mol. The predicted octanol–water partition coefficient (Wildman–Crippen LogP) is 6.40. The maximum absolute atomic E-state index is 10.7. The van der Waals surface area contributed by atoms with Gasteiger partial charge in [-0.1, -0.05) is 72.8 Å². The summed E-state index contributed by atoms with van der Waals surface area (Å²) in [6, 6.07) is 29.8. The summed E-state index contributed by atoms with van der Waals surface area (Å²) in [5.41, 5.74) is 2.91.